The molecule has 31 heavy (non-hydrogen) atoms. The molecule has 1 aromatic heterocycles. The van der Waals surface area contributed by atoms with Gasteiger partial charge in [-0.3, -0.25) is 9.59 Å². The average Bonchev–Trinajstić information content (AvgIpc) is 3.27. The minimum absolute atomic E-state index is 0.122. The van der Waals surface area contributed by atoms with Crippen LogP contribution in [0, 0.1) is 0 Å². The van der Waals surface area contributed by atoms with Crippen LogP contribution in [-0.4, -0.2) is 64.7 Å². The lowest BCUT2D eigenvalue weighted by Gasteiger charge is -2.36. The van der Waals surface area contributed by atoms with Crippen LogP contribution < -0.4 is 10.2 Å². The molecule has 0 unspecified atom stereocenters. The summed E-state index contributed by atoms with van der Waals surface area (Å²) in [5.41, 5.74) is 1.53. The molecule has 0 bridgehead atoms. The maximum absolute atomic E-state index is 13.1. The van der Waals surface area contributed by atoms with Crippen LogP contribution in [0.25, 0.3) is 0 Å². The van der Waals surface area contributed by atoms with Gasteiger partial charge >= 0.3 is 0 Å². The highest BCUT2D eigenvalue weighted by atomic mass is 32.2. The van der Waals surface area contributed by atoms with Crippen LogP contribution >= 0.6 is 11.8 Å². The predicted octanol–water partition coefficient (Wildman–Crippen LogP) is 2.53. The van der Waals surface area contributed by atoms with Crippen LogP contribution in [0.5, 0.6) is 0 Å². The molecule has 7 nitrogen and oxygen atoms in total. The normalized spacial score (nSPS) is 23.6. The Bertz CT molecular complexity index is 899. The first-order chi connectivity index (χ1) is 15.0. The molecule has 0 spiro atoms. The Hall–Kier alpha value is -2.58. The third kappa shape index (κ3) is 5.19. The number of nitrogens with one attached hydrogen (secondary N) is 1. The Labute approximate surface area is 187 Å². The molecule has 2 saturated heterocycles. The van der Waals surface area contributed by atoms with Gasteiger partial charge in [-0.1, -0.05) is 30.3 Å². The van der Waals surface area contributed by atoms with Gasteiger partial charge in [0.15, 0.2) is 0 Å². The summed E-state index contributed by atoms with van der Waals surface area (Å²) in [5.74, 6) is 1.66. The molecule has 2 fully saturated rings. The van der Waals surface area contributed by atoms with Crippen molar-refractivity contribution in [2.24, 2.45) is 0 Å². The Morgan fingerprint density at radius 1 is 1.13 bits per heavy atom. The fourth-order valence-electron chi connectivity index (χ4n) is 3.99. The van der Waals surface area contributed by atoms with Crippen molar-refractivity contribution < 1.29 is 14.3 Å². The van der Waals surface area contributed by atoms with Gasteiger partial charge in [0, 0.05) is 31.6 Å². The molecular weight excluding hydrogens is 412 g/mol. The SMILES string of the molecule is C[C@@H]1CN(c2ccc(C(=O)N3CSC[C@H]3C(=O)NCc3ccccc3)cn2)C[C@H](C)O1. The van der Waals surface area contributed by atoms with E-state index >= 15 is 0 Å². The molecule has 1 N–H and O–H groups in total. The standard InChI is InChI=1S/C23H28N4O3S/c1-16-12-26(13-17(2)30-16)21-9-8-19(11-24-21)23(29)27-15-31-14-20(27)22(28)25-10-18-6-4-3-5-7-18/h3-9,11,16-17,20H,10,12-15H2,1-2H3,(H,25,28)/t16-,17+,20-/m0/s1. The van der Waals surface area contributed by atoms with Crippen molar-refractivity contribution in [3.8, 4) is 0 Å². The topological polar surface area (TPSA) is 74.8 Å². The number of nitrogens with zero attached hydrogens (tertiary/aromatic N) is 3. The molecule has 2 aromatic rings. The number of hydrogen-bond donors (Lipinski definition) is 1. The van der Waals surface area contributed by atoms with E-state index in [9.17, 15) is 9.59 Å². The van der Waals surface area contributed by atoms with E-state index in [0.717, 1.165) is 24.5 Å². The minimum atomic E-state index is -0.471. The fourth-order valence-corrected chi connectivity index (χ4v) is 5.15. The summed E-state index contributed by atoms with van der Waals surface area (Å²) in [7, 11) is 0. The number of amides is 2. The zero-order valence-electron chi connectivity index (χ0n) is 17.9. The van der Waals surface area contributed by atoms with Gasteiger partial charge in [0.2, 0.25) is 5.91 Å². The maximum atomic E-state index is 13.1. The van der Waals surface area contributed by atoms with E-state index in [-0.39, 0.29) is 24.0 Å². The number of morpholine rings is 1. The van der Waals surface area contributed by atoms with E-state index < -0.39 is 6.04 Å². The Morgan fingerprint density at radius 2 is 1.87 bits per heavy atom. The number of carbonyl (C=O) groups excluding carboxylic acids is 2. The molecular formula is C23H28N4O3S. The molecule has 164 valence electrons. The first kappa shape index (κ1) is 21.6. The third-order valence-corrected chi connectivity index (χ3v) is 6.51. The van der Waals surface area contributed by atoms with Gasteiger partial charge in [-0.05, 0) is 31.5 Å². The van der Waals surface area contributed by atoms with E-state index in [0.29, 0.717) is 23.7 Å². The van der Waals surface area contributed by atoms with Crippen molar-refractivity contribution in [2.75, 3.05) is 29.6 Å². The minimum Gasteiger partial charge on any atom is -0.372 e. The van der Waals surface area contributed by atoms with Crippen molar-refractivity contribution in [1.29, 1.82) is 0 Å². The highest BCUT2D eigenvalue weighted by molar-refractivity contribution is 7.99. The van der Waals surface area contributed by atoms with Gasteiger partial charge in [0.05, 0.1) is 23.6 Å². The predicted molar refractivity (Wildman–Crippen MR) is 122 cm³/mol. The first-order valence-electron chi connectivity index (χ1n) is 10.6. The van der Waals surface area contributed by atoms with Crippen LogP contribution in [0.2, 0.25) is 0 Å². The highest BCUT2D eigenvalue weighted by Crippen LogP contribution is 2.24. The Morgan fingerprint density at radius 3 is 2.55 bits per heavy atom. The Kier molecular flexibility index (Phi) is 6.77. The molecule has 2 amide bonds. The Balaban J connectivity index is 1.39. The van der Waals surface area contributed by atoms with Crippen molar-refractivity contribution in [2.45, 2.75) is 38.6 Å². The molecule has 3 atom stereocenters. The second-order valence-electron chi connectivity index (χ2n) is 8.06. The van der Waals surface area contributed by atoms with E-state index in [1.807, 2.05) is 36.4 Å². The smallest absolute Gasteiger partial charge is 0.256 e. The highest BCUT2D eigenvalue weighted by Gasteiger charge is 2.35. The van der Waals surface area contributed by atoms with Crippen LogP contribution in [-0.2, 0) is 16.1 Å². The summed E-state index contributed by atoms with van der Waals surface area (Å²) in [6.45, 7) is 6.10. The van der Waals surface area contributed by atoms with Crippen LogP contribution in [0.15, 0.2) is 48.7 Å². The molecule has 1 aromatic carbocycles. The summed E-state index contributed by atoms with van der Waals surface area (Å²) in [6.07, 6.45) is 1.90. The van der Waals surface area contributed by atoms with Gasteiger partial charge < -0.3 is 19.9 Å². The number of benzene rings is 1. The lowest BCUT2D eigenvalue weighted by atomic mass is 10.2. The third-order valence-electron chi connectivity index (χ3n) is 5.49. The quantitative estimate of drug-likeness (QED) is 0.770. The zero-order chi connectivity index (χ0) is 21.8. The van der Waals surface area contributed by atoms with Gasteiger partial charge in [-0.25, -0.2) is 4.98 Å². The van der Waals surface area contributed by atoms with Crippen molar-refractivity contribution in [3.05, 3.63) is 59.8 Å². The van der Waals surface area contributed by atoms with E-state index in [4.69, 9.17) is 4.74 Å². The number of carbonyl (C=O) groups is 2. The van der Waals surface area contributed by atoms with E-state index in [1.165, 1.54) is 0 Å². The number of anilines is 1. The number of thioether (sulfide) groups is 1. The molecule has 0 saturated carbocycles. The van der Waals surface area contributed by atoms with Crippen molar-refractivity contribution in [1.82, 2.24) is 15.2 Å². The molecule has 4 rings (SSSR count). The second kappa shape index (κ2) is 9.70. The molecule has 2 aliphatic heterocycles. The molecule has 0 radical (unpaired) electrons. The van der Waals surface area contributed by atoms with E-state index in [2.05, 4.69) is 29.0 Å². The lowest BCUT2D eigenvalue weighted by Crippen LogP contribution is -2.47. The second-order valence-corrected chi connectivity index (χ2v) is 9.06. The number of hydrogen-bond acceptors (Lipinski definition) is 6. The van der Waals surface area contributed by atoms with Gasteiger partial charge in [0.1, 0.15) is 11.9 Å². The summed E-state index contributed by atoms with van der Waals surface area (Å²) in [6, 6.07) is 13.0. The summed E-state index contributed by atoms with van der Waals surface area (Å²) >= 11 is 1.59. The van der Waals surface area contributed by atoms with Crippen molar-refractivity contribution >= 4 is 29.4 Å². The number of rotatable bonds is 5. The van der Waals surface area contributed by atoms with Crippen LogP contribution in [0.3, 0.4) is 0 Å². The molecule has 8 heteroatoms. The van der Waals surface area contributed by atoms with Crippen LogP contribution in [0.4, 0.5) is 5.82 Å². The number of ether oxygens (including phenoxy) is 1. The monoisotopic (exact) mass is 440 g/mol. The van der Waals surface area contributed by atoms with Crippen LogP contribution in [0.1, 0.15) is 29.8 Å². The van der Waals surface area contributed by atoms with E-state index in [1.54, 1.807) is 28.9 Å². The first-order valence-corrected chi connectivity index (χ1v) is 11.7. The molecule has 3 heterocycles. The molecule has 0 aliphatic carbocycles. The van der Waals surface area contributed by atoms with Gasteiger partial charge in [-0.15, -0.1) is 11.8 Å². The number of pyridine rings is 1. The van der Waals surface area contributed by atoms with Crippen molar-refractivity contribution in [3.63, 3.8) is 0 Å². The maximum Gasteiger partial charge on any atom is 0.256 e. The summed E-state index contributed by atoms with van der Waals surface area (Å²) in [5, 5.41) is 2.96. The van der Waals surface area contributed by atoms with Gasteiger partial charge in [0.25, 0.3) is 5.91 Å². The fraction of sp³-hybridized carbons (Fsp3) is 0.435. The molecule has 2 aliphatic rings. The van der Waals surface area contributed by atoms with Gasteiger partial charge in [-0.2, -0.15) is 0 Å². The summed E-state index contributed by atoms with van der Waals surface area (Å²) < 4.78 is 5.78. The average molecular weight is 441 g/mol. The zero-order valence-corrected chi connectivity index (χ0v) is 18.7. The number of aromatic nitrogens is 1. The summed E-state index contributed by atoms with van der Waals surface area (Å²) in [4.78, 5) is 34.2. The lowest BCUT2D eigenvalue weighted by molar-refractivity contribution is -0.124. The largest absolute Gasteiger partial charge is 0.372 e.